The number of hydrogen-bond acceptors (Lipinski definition) is 4. The quantitative estimate of drug-likeness (QED) is 0.594. The zero-order valence-corrected chi connectivity index (χ0v) is 19.9. The van der Waals surface area contributed by atoms with Crippen molar-refractivity contribution in [2.75, 3.05) is 44.2 Å². The summed E-state index contributed by atoms with van der Waals surface area (Å²) in [5, 5.41) is 3.39. The average molecular weight is 523 g/mol. The van der Waals surface area contributed by atoms with Crippen molar-refractivity contribution in [2.45, 2.75) is 31.9 Å². The van der Waals surface area contributed by atoms with E-state index >= 15 is 0 Å². The van der Waals surface area contributed by atoms with Gasteiger partial charge in [0.15, 0.2) is 0 Å². The normalized spacial score (nSPS) is 19.2. The van der Waals surface area contributed by atoms with Crippen molar-refractivity contribution in [2.24, 2.45) is 0 Å². The van der Waals surface area contributed by atoms with Crippen molar-refractivity contribution < 1.29 is 4.74 Å². The number of nitrogens with one attached hydrogen (secondary N) is 1. The van der Waals surface area contributed by atoms with Crippen LogP contribution in [0.2, 0.25) is 0 Å². The highest BCUT2D eigenvalue weighted by Gasteiger charge is 2.18. The maximum atomic E-state index is 6.21. The van der Waals surface area contributed by atoms with Gasteiger partial charge in [-0.25, -0.2) is 0 Å². The standard InChI is InChI=1S/C23H29Br2N3O/c24-19-3-5-20(6-4-19)28-13-1-12-27(14-15-28)17-18-2-7-23(22(25)16-18)29-21-8-10-26-11-9-21/h2-7,16,21,26H,1,8-15,17H2. The molecule has 0 bridgehead atoms. The summed E-state index contributed by atoms with van der Waals surface area (Å²) in [6.07, 6.45) is 3.68. The molecule has 6 heteroatoms. The largest absolute Gasteiger partial charge is 0.489 e. The fraction of sp³-hybridized carbons (Fsp3) is 0.478. The molecule has 0 amide bonds. The first-order chi connectivity index (χ1) is 14.2. The molecule has 2 aromatic carbocycles. The highest BCUT2D eigenvalue weighted by Crippen LogP contribution is 2.29. The number of nitrogens with zero attached hydrogens (tertiary/aromatic N) is 2. The van der Waals surface area contributed by atoms with Gasteiger partial charge in [-0.3, -0.25) is 4.90 Å². The molecule has 2 aromatic rings. The summed E-state index contributed by atoms with van der Waals surface area (Å²) in [6.45, 7) is 7.49. The van der Waals surface area contributed by atoms with Crippen LogP contribution in [-0.2, 0) is 6.54 Å². The Morgan fingerprint density at radius 3 is 2.48 bits per heavy atom. The molecule has 0 aromatic heterocycles. The molecule has 0 saturated carbocycles. The fourth-order valence-corrected chi connectivity index (χ4v) is 4.91. The number of anilines is 1. The Balaban J connectivity index is 1.33. The number of hydrogen-bond donors (Lipinski definition) is 1. The van der Waals surface area contributed by atoms with Crippen LogP contribution in [0.4, 0.5) is 5.69 Å². The lowest BCUT2D eigenvalue weighted by Gasteiger charge is -2.25. The minimum absolute atomic E-state index is 0.327. The minimum atomic E-state index is 0.327. The van der Waals surface area contributed by atoms with E-state index in [4.69, 9.17) is 4.74 Å². The molecule has 156 valence electrons. The molecule has 2 aliphatic heterocycles. The van der Waals surface area contributed by atoms with Crippen molar-refractivity contribution in [3.05, 3.63) is 57.0 Å². The first-order valence-electron chi connectivity index (χ1n) is 10.6. The molecule has 0 radical (unpaired) electrons. The summed E-state index contributed by atoms with van der Waals surface area (Å²) in [6, 6.07) is 15.3. The van der Waals surface area contributed by atoms with Gasteiger partial charge in [0.25, 0.3) is 0 Å². The lowest BCUT2D eigenvalue weighted by Crippen LogP contribution is -2.34. The molecule has 1 N–H and O–H groups in total. The second-order valence-corrected chi connectivity index (χ2v) is 9.70. The molecule has 4 nitrogen and oxygen atoms in total. The lowest BCUT2D eigenvalue weighted by atomic mass is 10.1. The van der Waals surface area contributed by atoms with Gasteiger partial charge in [-0.1, -0.05) is 22.0 Å². The molecule has 0 spiro atoms. The van der Waals surface area contributed by atoms with Crippen molar-refractivity contribution in [3.63, 3.8) is 0 Å². The minimum Gasteiger partial charge on any atom is -0.489 e. The van der Waals surface area contributed by atoms with Gasteiger partial charge >= 0.3 is 0 Å². The third kappa shape index (κ3) is 5.97. The topological polar surface area (TPSA) is 27.7 Å². The van der Waals surface area contributed by atoms with Gasteiger partial charge in [0.2, 0.25) is 0 Å². The Hall–Kier alpha value is -1.08. The van der Waals surface area contributed by atoms with Crippen LogP contribution in [0.5, 0.6) is 5.75 Å². The number of rotatable bonds is 5. The highest BCUT2D eigenvalue weighted by molar-refractivity contribution is 9.10. The summed E-state index contributed by atoms with van der Waals surface area (Å²) >= 11 is 7.26. The summed E-state index contributed by atoms with van der Waals surface area (Å²) in [4.78, 5) is 5.06. The third-order valence-corrected chi connectivity index (χ3v) is 6.91. The fourth-order valence-electron chi connectivity index (χ4n) is 4.13. The van der Waals surface area contributed by atoms with Crippen molar-refractivity contribution in [3.8, 4) is 5.75 Å². The number of piperidine rings is 1. The van der Waals surface area contributed by atoms with Gasteiger partial charge in [-0.05, 0) is 90.2 Å². The first-order valence-corrected chi connectivity index (χ1v) is 12.1. The van der Waals surface area contributed by atoms with E-state index in [1.165, 1.54) is 17.7 Å². The Morgan fingerprint density at radius 2 is 1.72 bits per heavy atom. The maximum absolute atomic E-state index is 6.21. The summed E-state index contributed by atoms with van der Waals surface area (Å²) in [5.41, 5.74) is 2.66. The Labute approximate surface area is 190 Å². The molecule has 2 heterocycles. The zero-order valence-electron chi connectivity index (χ0n) is 16.7. The highest BCUT2D eigenvalue weighted by atomic mass is 79.9. The van der Waals surface area contributed by atoms with E-state index in [1.54, 1.807) is 0 Å². The summed E-state index contributed by atoms with van der Waals surface area (Å²) < 4.78 is 8.42. The number of benzene rings is 2. The molecule has 29 heavy (non-hydrogen) atoms. The predicted molar refractivity (Wildman–Crippen MR) is 127 cm³/mol. The molecular weight excluding hydrogens is 494 g/mol. The lowest BCUT2D eigenvalue weighted by molar-refractivity contribution is 0.161. The Bertz CT molecular complexity index is 793. The predicted octanol–water partition coefficient (Wildman–Crippen LogP) is 5.05. The molecule has 2 saturated heterocycles. The molecule has 2 fully saturated rings. The van der Waals surface area contributed by atoms with Crippen molar-refractivity contribution >= 4 is 37.5 Å². The van der Waals surface area contributed by atoms with Gasteiger partial charge in [0, 0.05) is 42.9 Å². The van der Waals surface area contributed by atoms with Crippen LogP contribution in [0, 0.1) is 0 Å². The molecule has 4 rings (SSSR count). The number of ether oxygens (including phenoxy) is 1. The smallest absolute Gasteiger partial charge is 0.133 e. The Morgan fingerprint density at radius 1 is 0.931 bits per heavy atom. The van der Waals surface area contributed by atoms with Crippen LogP contribution in [0.3, 0.4) is 0 Å². The van der Waals surface area contributed by atoms with Crippen LogP contribution in [0.25, 0.3) is 0 Å². The van der Waals surface area contributed by atoms with Gasteiger partial charge in [-0.2, -0.15) is 0 Å². The van der Waals surface area contributed by atoms with Crippen LogP contribution < -0.4 is 15.0 Å². The first kappa shape index (κ1) is 21.2. The number of halogens is 2. The summed E-state index contributed by atoms with van der Waals surface area (Å²) in [5.74, 6) is 0.970. The second-order valence-electron chi connectivity index (χ2n) is 7.93. The molecular formula is C23H29Br2N3O. The molecule has 0 unspecified atom stereocenters. The van der Waals surface area contributed by atoms with Crippen LogP contribution in [0.15, 0.2) is 51.4 Å². The van der Waals surface area contributed by atoms with E-state index in [0.717, 1.165) is 73.3 Å². The van der Waals surface area contributed by atoms with Crippen molar-refractivity contribution in [1.82, 2.24) is 10.2 Å². The summed E-state index contributed by atoms with van der Waals surface area (Å²) in [7, 11) is 0. The van der Waals surface area contributed by atoms with E-state index in [-0.39, 0.29) is 0 Å². The van der Waals surface area contributed by atoms with Crippen LogP contribution in [-0.4, -0.2) is 50.3 Å². The van der Waals surface area contributed by atoms with Gasteiger partial charge in [0.05, 0.1) is 4.47 Å². The van der Waals surface area contributed by atoms with Crippen LogP contribution >= 0.6 is 31.9 Å². The van der Waals surface area contributed by atoms with E-state index < -0.39 is 0 Å². The molecule has 0 atom stereocenters. The third-order valence-electron chi connectivity index (χ3n) is 5.76. The SMILES string of the molecule is Brc1ccc(N2CCCN(Cc3ccc(OC4CCNCC4)c(Br)c3)CC2)cc1. The molecule has 2 aliphatic rings. The van der Waals surface area contributed by atoms with E-state index in [0.29, 0.717) is 6.10 Å². The van der Waals surface area contributed by atoms with E-state index in [9.17, 15) is 0 Å². The van der Waals surface area contributed by atoms with Crippen molar-refractivity contribution in [1.29, 1.82) is 0 Å². The second kappa shape index (κ2) is 10.3. The van der Waals surface area contributed by atoms with Crippen LogP contribution in [0.1, 0.15) is 24.8 Å². The van der Waals surface area contributed by atoms with E-state index in [1.807, 2.05) is 0 Å². The Kier molecular flexibility index (Phi) is 7.51. The average Bonchev–Trinajstić information content (AvgIpc) is 2.97. The van der Waals surface area contributed by atoms with Gasteiger partial charge < -0.3 is 15.0 Å². The maximum Gasteiger partial charge on any atom is 0.133 e. The zero-order chi connectivity index (χ0) is 20.1. The van der Waals surface area contributed by atoms with Gasteiger partial charge in [-0.15, -0.1) is 0 Å². The van der Waals surface area contributed by atoms with E-state index in [2.05, 4.69) is 89.4 Å². The monoisotopic (exact) mass is 521 g/mol. The van der Waals surface area contributed by atoms with Gasteiger partial charge in [0.1, 0.15) is 11.9 Å². The molecule has 0 aliphatic carbocycles.